The number of benzene rings is 1. The third-order valence-electron chi connectivity index (χ3n) is 6.77. The summed E-state index contributed by atoms with van der Waals surface area (Å²) in [4.78, 5) is 34.2. The normalized spacial score (nSPS) is 21.1. The van der Waals surface area contributed by atoms with Gasteiger partial charge >= 0.3 is 0 Å². The quantitative estimate of drug-likeness (QED) is 0.261. The molecule has 4 rings (SSSR count). The first-order chi connectivity index (χ1) is 18.2. The molecule has 11 heteroatoms. The molecule has 1 aromatic heterocycles. The summed E-state index contributed by atoms with van der Waals surface area (Å²) in [6.07, 6.45) is -2.29. The first kappa shape index (κ1) is 27.3. The molecule has 1 aromatic carbocycles. The Morgan fingerprint density at radius 3 is 2.53 bits per heavy atom. The summed E-state index contributed by atoms with van der Waals surface area (Å²) in [6.45, 7) is -0.364. The van der Waals surface area contributed by atoms with Gasteiger partial charge in [-0.1, -0.05) is 36.4 Å². The molecule has 0 bridgehead atoms. The van der Waals surface area contributed by atoms with Gasteiger partial charge in [-0.25, -0.2) is 18.2 Å². The maximum absolute atomic E-state index is 14.8. The number of hydrogen-bond donors (Lipinski definition) is 3. The van der Waals surface area contributed by atoms with Gasteiger partial charge < -0.3 is 16.0 Å². The Labute approximate surface area is 217 Å². The van der Waals surface area contributed by atoms with Gasteiger partial charge in [0.2, 0.25) is 17.8 Å². The van der Waals surface area contributed by atoms with Crippen molar-refractivity contribution in [2.45, 2.75) is 56.3 Å². The molecular weight excluding hydrogens is 502 g/mol. The fraction of sp³-hybridized carbons (Fsp3) is 0.407. The largest absolute Gasteiger partial charge is 0.397 e. The third kappa shape index (κ3) is 6.20. The van der Waals surface area contributed by atoms with Crippen LogP contribution >= 0.6 is 0 Å². The van der Waals surface area contributed by atoms with Crippen LogP contribution in [0.2, 0.25) is 0 Å². The molecule has 1 aliphatic carbocycles. The number of alkyl halides is 3. The van der Waals surface area contributed by atoms with Crippen LogP contribution in [0, 0.1) is 5.95 Å². The summed E-state index contributed by atoms with van der Waals surface area (Å²) in [6, 6.07) is 10.1. The number of carbonyl (C=O) groups is 2. The average molecular weight is 533 g/mol. The number of nitrogens with one attached hydrogen (secondary N) is 2. The average Bonchev–Trinajstić information content (AvgIpc) is 3.66. The predicted molar refractivity (Wildman–Crippen MR) is 132 cm³/mol. The molecule has 202 valence electrons. The van der Waals surface area contributed by atoms with Crippen molar-refractivity contribution in [2.24, 2.45) is 5.73 Å². The van der Waals surface area contributed by atoms with Crippen molar-refractivity contribution in [2.75, 3.05) is 13.6 Å². The molecule has 0 radical (unpaired) electrons. The van der Waals surface area contributed by atoms with Crippen LogP contribution in [0.5, 0.6) is 0 Å². The van der Waals surface area contributed by atoms with E-state index in [9.17, 15) is 27.2 Å². The molecule has 1 saturated heterocycles. The Kier molecular flexibility index (Phi) is 8.43. The monoisotopic (exact) mass is 532 g/mol. The van der Waals surface area contributed by atoms with E-state index in [1.165, 1.54) is 13.3 Å². The van der Waals surface area contributed by atoms with Gasteiger partial charge in [-0.3, -0.25) is 14.6 Å². The van der Waals surface area contributed by atoms with Crippen LogP contribution < -0.4 is 16.0 Å². The molecule has 1 saturated carbocycles. The minimum absolute atomic E-state index is 0.147. The summed E-state index contributed by atoms with van der Waals surface area (Å²) >= 11 is 0. The number of rotatable bonds is 9. The second-order valence-electron chi connectivity index (χ2n) is 9.53. The maximum Gasteiger partial charge on any atom is 0.278 e. The smallest absolute Gasteiger partial charge is 0.278 e. The molecule has 0 spiro atoms. The van der Waals surface area contributed by atoms with E-state index in [1.807, 2.05) is 0 Å². The Hall–Kier alpha value is -3.76. The molecule has 2 amide bonds. The number of nitrogens with zero attached hydrogens (tertiary/aromatic N) is 2. The second kappa shape index (κ2) is 11.7. The van der Waals surface area contributed by atoms with Crippen molar-refractivity contribution in [3.63, 3.8) is 0 Å². The van der Waals surface area contributed by atoms with Gasteiger partial charge in [0.25, 0.3) is 6.43 Å². The molecule has 2 heterocycles. The summed E-state index contributed by atoms with van der Waals surface area (Å²) in [7, 11) is 1.46. The lowest BCUT2D eigenvalue weighted by atomic mass is 10.0. The number of pyridine rings is 1. The Balaban J connectivity index is 1.58. The van der Waals surface area contributed by atoms with E-state index in [1.54, 1.807) is 42.5 Å². The number of halogens is 4. The topological polar surface area (TPSA) is 102 Å². The maximum atomic E-state index is 14.8. The molecule has 2 aromatic rings. The van der Waals surface area contributed by atoms with Gasteiger partial charge in [0.05, 0.1) is 30.4 Å². The van der Waals surface area contributed by atoms with Crippen molar-refractivity contribution in [1.82, 2.24) is 15.2 Å². The predicted octanol–water partition coefficient (Wildman–Crippen LogP) is 1.89. The molecular formula is C27H30F4N5O2+. The van der Waals surface area contributed by atoms with Gasteiger partial charge in [-0.05, 0) is 30.4 Å². The van der Waals surface area contributed by atoms with Crippen molar-refractivity contribution in [3.05, 3.63) is 76.5 Å². The third-order valence-corrected chi connectivity index (χ3v) is 6.77. The van der Waals surface area contributed by atoms with Crippen LogP contribution in [0.25, 0.3) is 0 Å². The van der Waals surface area contributed by atoms with Gasteiger partial charge in [0.15, 0.2) is 6.21 Å². The Morgan fingerprint density at radius 2 is 1.92 bits per heavy atom. The highest BCUT2D eigenvalue weighted by Crippen LogP contribution is 2.41. The number of aromatic nitrogens is 1. The Bertz CT molecular complexity index is 1230. The summed E-state index contributed by atoms with van der Waals surface area (Å²) in [5, 5.41) is 2.80. The minimum atomic E-state index is -2.99. The minimum Gasteiger partial charge on any atom is -0.397 e. The number of hydrogen-bond acceptors (Lipinski definition) is 4. The fourth-order valence-corrected chi connectivity index (χ4v) is 4.65. The number of likely N-dealkylation sites (tertiary alicyclic amines) is 1. The number of allylic oxidation sites excluding steroid dienone is 1. The second-order valence-corrected chi connectivity index (χ2v) is 9.53. The lowest BCUT2D eigenvalue weighted by Gasteiger charge is -2.27. The molecule has 2 aliphatic rings. The molecule has 1 aliphatic heterocycles. The summed E-state index contributed by atoms with van der Waals surface area (Å²) < 4.78 is 55.5. The van der Waals surface area contributed by atoms with E-state index < -0.39 is 54.6 Å². The van der Waals surface area contributed by atoms with Crippen molar-refractivity contribution in [3.8, 4) is 0 Å². The lowest BCUT2D eigenvalue weighted by molar-refractivity contribution is -0.413. The van der Waals surface area contributed by atoms with E-state index in [0.717, 1.165) is 17.7 Å². The van der Waals surface area contributed by atoms with E-state index in [0.29, 0.717) is 11.1 Å². The fourth-order valence-electron chi connectivity index (χ4n) is 4.65. The van der Waals surface area contributed by atoms with Crippen molar-refractivity contribution < 1.29 is 32.1 Å². The summed E-state index contributed by atoms with van der Waals surface area (Å²) in [5.41, 5.74) is 5.94. The van der Waals surface area contributed by atoms with Crippen LogP contribution in [0.15, 0.2) is 53.7 Å². The van der Waals surface area contributed by atoms with Gasteiger partial charge in [-0.15, -0.1) is 0 Å². The molecule has 2 fully saturated rings. The van der Waals surface area contributed by atoms with Crippen LogP contribution in [0.4, 0.5) is 17.6 Å². The van der Waals surface area contributed by atoms with E-state index in [-0.39, 0.29) is 30.2 Å². The number of carbonyl (C=O) groups excluding carboxylic acids is 2. The highest BCUT2D eigenvalue weighted by atomic mass is 19.3. The lowest BCUT2D eigenvalue weighted by Crippen LogP contribution is -2.63. The molecule has 38 heavy (non-hydrogen) atoms. The zero-order chi connectivity index (χ0) is 27.4. The summed E-state index contributed by atoms with van der Waals surface area (Å²) in [5.74, 6) is -1.83. The van der Waals surface area contributed by atoms with Gasteiger partial charge in [0.1, 0.15) is 19.3 Å². The zero-order valence-electron chi connectivity index (χ0n) is 20.8. The Morgan fingerprint density at radius 1 is 1.21 bits per heavy atom. The number of amides is 2. The zero-order valence-corrected chi connectivity index (χ0v) is 20.8. The van der Waals surface area contributed by atoms with Gasteiger partial charge in [0, 0.05) is 17.6 Å². The van der Waals surface area contributed by atoms with Crippen molar-refractivity contribution >= 4 is 18.0 Å². The molecule has 7 nitrogen and oxygen atoms in total. The van der Waals surface area contributed by atoms with Crippen LogP contribution in [-0.2, 0) is 9.59 Å². The van der Waals surface area contributed by atoms with Crippen LogP contribution in [0.3, 0.4) is 0 Å². The van der Waals surface area contributed by atoms with Crippen LogP contribution in [0.1, 0.15) is 54.5 Å². The number of nitrogens with two attached hydrogens (primary N) is 1. The first-order valence-electron chi connectivity index (χ1n) is 12.4. The van der Waals surface area contributed by atoms with Gasteiger partial charge in [-0.2, -0.15) is 4.39 Å². The first-order valence-corrected chi connectivity index (χ1v) is 12.4. The highest BCUT2D eigenvalue weighted by molar-refractivity contribution is 5.92. The standard InChI is InChI=1S/C27H29F4N5O2/c1-33-13-17(23(32)25(29)30)11-22(37)36-14-18(28)12-21(36)27(38)35-24(16-5-3-2-4-6-16)20-10-9-19(15-7-8-15)26(31)34-20/h2-6,9-10,13,15,18,21,24-25H,7-8,11-12,14,32H2,1H3,(H,35,38)/p+1/b23-17-,33-13?/t18-,21+,24+/m1/s1. The highest BCUT2D eigenvalue weighted by Gasteiger charge is 2.41. The van der Waals surface area contributed by atoms with E-state index >= 15 is 0 Å². The van der Waals surface area contributed by atoms with E-state index in [4.69, 9.17) is 5.73 Å². The molecule has 0 unspecified atom stereocenters. The molecule has 3 atom stereocenters. The van der Waals surface area contributed by atoms with Crippen molar-refractivity contribution in [1.29, 1.82) is 0 Å². The molecule has 4 N–H and O–H groups in total. The van der Waals surface area contributed by atoms with Crippen LogP contribution in [-0.4, -0.2) is 60.1 Å². The van der Waals surface area contributed by atoms with E-state index in [2.05, 4.69) is 15.3 Å². The SMILES string of the molecule is C[NH+]=C/C(CC(=O)N1C[C@H](F)C[C@H]1C(=O)N[C@@H](c1ccccc1)c1ccc(C2CC2)c(F)n1)=C(\N)C(F)F.